The second-order valence-corrected chi connectivity index (χ2v) is 5.91. The Morgan fingerprint density at radius 3 is 2.42 bits per heavy atom. The van der Waals surface area contributed by atoms with Gasteiger partial charge in [-0.3, -0.25) is 0 Å². The first-order valence-electron chi connectivity index (χ1n) is 6.17. The standard InChI is InChI=1S/C12H20FN3O2S/c1-3-16(4-2)6-5-15-19(17,18)12-8-10(13)7-11(14)9-12/h7-9,15H,3-6,14H2,1-2H3. The van der Waals surface area contributed by atoms with Crippen LogP contribution in [0.4, 0.5) is 10.1 Å². The van der Waals surface area contributed by atoms with Gasteiger partial charge in [-0.05, 0) is 31.3 Å². The van der Waals surface area contributed by atoms with E-state index < -0.39 is 15.8 Å². The number of nitrogens with one attached hydrogen (secondary N) is 1. The molecular weight excluding hydrogens is 269 g/mol. The van der Waals surface area contributed by atoms with Crippen molar-refractivity contribution < 1.29 is 12.8 Å². The van der Waals surface area contributed by atoms with Crippen molar-refractivity contribution in [2.75, 3.05) is 31.9 Å². The van der Waals surface area contributed by atoms with Crippen molar-refractivity contribution in [3.63, 3.8) is 0 Å². The minimum atomic E-state index is -3.71. The number of benzene rings is 1. The Kier molecular flexibility index (Phi) is 5.71. The van der Waals surface area contributed by atoms with Gasteiger partial charge >= 0.3 is 0 Å². The Morgan fingerprint density at radius 1 is 1.26 bits per heavy atom. The smallest absolute Gasteiger partial charge is 0.240 e. The summed E-state index contributed by atoms with van der Waals surface area (Å²) in [4.78, 5) is 1.94. The van der Waals surface area contributed by atoms with E-state index in [0.717, 1.165) is 25.2 Å². The number of hydrogen-bond acceptors (Lipinski definition) is 4. The van der Waals surface area contributed by atoms with Crippen LogP contribution in [-0.4, -0.2) is 39.5 Å². The molecule has 0 aliphatic rings. The first-order chi connectivity index (χ1) is 8.89. The Bertz CT molecular complexity index is 495. The molecule has 0 fully saturated rings. The zero-order valence-electron chi connectivity index (χ0n) is 11.2. The van der Waals surface area contributed by atoms with E-state index in [1.54, 1.807) is 0 Å². The van der Waals surface area contributed by atoms with Crippen molar-refractivity contribution in [1.82, 2.24) is 9.62 Å². The summed E-state index contributed by atoms with van der Waals surface area (Å²) >= 11 is 0. The van der Waals surface area contributed by atoms with Crippen LogP contribution in [0.1, 0.15) is 13.8 Å². The van der Waals surface area contributed by atoms with E-state index in [0.29, 0.717) is 6.54 Å². The van der Waals surface area contributed by atoms with Crippen LogP contribution in [-0.2, 0) is 10.0 Å². The lowest BCUT2D eigenvalue weighted by atomic mass is 10.3. The number of nitrogen functional groups attached to an aromatic ring is 1. The van der Waals surface area contributed by atoms with Gasteiger partial charge < -0.3 is 10.6 Å². The summed E-state index contributed by atoms with van der Waals surface area (Å²) in [6, 6.07) is 3.27. The van der Waals surface area contributed by atoms with E-state index in [1.165, 1.54) is 6.07 Å². The molecule has 1 aromatic carbocycles. The molecule has 0 atom stereocenters. The van der Waals surface area contributed by atoms with Crippen LogP contribution >= 0.6 is 0 Å². The van der Waals surface area contributed by atoms with Gasteiger partial charge in [0.25, 0.3) is 0 Å². The third-order valence-electron chi connectivity index (χ3n) is 2.82. The molecule has 0 aliphatic carbocycles. The van der Waals surface area contributed by atoms with E-state index in [2.05, 4.69) is 9.62 Å². The first-order valence-corrected chi connectivity index (χ1v) is 7.65. The van der Waals surface area contributed by atoms with Gasteiger partial charge in [0.2, 0.25) is 10.0 Å². The highest BCUT2D eigenvalue weighted by Gasteiger charge is 2.15. The fraction of sp³-hybridized carbons (Fsp3) is 0.500. The molecule has 0 heterocycles. The van der Waals surface area contributed by atoms with Crippen LogP contribution in [0.15, 0.2) is 23.1 Å². The van der Waals surface area contributed by atoms with Crippen LogP contribution in [0.3, 0.4) is 0 Å². The minimum Gasteiger partial charge on any atom is -0.399 e. The third kappa shape index (κ3) is 4.77. The number of nitrogens with two attached hydrogens (primary N) is 1. The molecule has 1 aromatic rings. The van der Waals surface area contributed by atoms with Gasteiger partial charge in [-0.25, -0.2) is 17.5 Å². The van der Waals surface area contributed by atoms with Crippen LogP contribution in [0.5, 0.6) is 0 Å². The van der Waals surface area contributed by atoms with Crippen molar-refractivity contribution >= 4 is 15.7 Å². The maximum Gasteiger partial charge on any atom is 0.240 e. The maximum absolute atomic E-state index is 13.1. The second kappa shape index (κ2) is 6.83. The van der Waals surface area contributed by atoms with Crippen LogP contribution in [0.25, 0.3) is 0 Å². The SMILES string of the molecule is CCN(CC)CCNS(=O)(=O)c1cc(N)cc(F)c1. The number of sulfonamides is 1. The van der Waals surface area contributed by atoms with E-state index >= 15 is 0 Å². The third-order valence-corrected chi connectivity index (χ3v) is 4.26. The van der Waals surface area contributed by atoms with E-state index in [4.69, 9.17) is 5.73 Å². The average Bonchev–Trinajstić information content (AvgIpc) is 2.33. The van der Waals surface area contributed by atoms with Gasteiger partial charge in [0.1, 0.15) is 5.82 Å². The highest BCUT2D eigenvalue weighted by molar-refractivity contribution is 7.89. The number of likely N-dealkylation sites (N-methyl/N-ethyl adjacent to an activating group) is 1. The zero-order chi connectivity index (χ0) is 14.5. The highest BCUT2D eigenvalue weighted by Crippen LogP contribution is 2.15. The lowest BCUT2D eigenvalue weighted by Crippen LogP contribution is -2.34. The number of halogens is 1. The largest absolute Gasteiger partial charge is 0.399 e. The molecule has 1 rings (SSSR count). The van der Waals surface area contributed by atoms with Crippen molar-refractivity contribution in [3.8, 4) is 0 Å². The number of hydrogen-bond donors (Lipinski definition) is 2. The molecule has 0 saturated carbocycles. The quantitative estimate of drug-likeness (QED) is 0.735. The van der Waals surface area contributed by atoms with Gasteiger partial charge in [0, 0.05) is 18.8 Å². The van der Waals surface area contributed by atoms with Crippen LogP contribution in [0.2, 0.25) is 0 Å². The molecule has 0 aromatic heterocycles. The lowest BCUT2D eigenvalue weighted by molar-refractivity contribution is 0.309. The van der Waals surface area contributed by atoms with Gasteiger partial charge in [0.05, 0.1) is 4.90 Å². The minimum absolute atomic E-state index is 0.0871. The molecule has 5 nitrogen and oxygen atoms in total. The Morgan fingerprint density at radius 2 is 1.89 bits per heavy atom. The molecule has 7 heteroatoms. The first kappa shape index (κ1) is 15.9. The molecule has 0 bridgehead atoms. The summed E-state index contributed by atoms with van der Waals surface area (Å²) < 4.78 is 39.5. The summed E-state index contributed by atoms with van der Waals surface area (Å²) in [6.45, 7) is 6.60. The predicted molar refractivity (Wildman–Crippen MR) is 73.8 cm³/mol. The van der Waals surface area contributed by atoms with Crippen molar-refractivity contribution in [2.24, 2.45) is 0 Å². The van der Waals surface area contributed by atoms with Gasteiger partial charge in [-0.2, -0.15) is 0 Å². The fourth-order valence-electron chi connectivity index (χ4n) is 1.70. The predicted octanol–water partition coefficient (Wildman–Crippen LogP) is 1.03. The molecule has 108 valence electrons. The molecule has 0 aliphatic heterocycles. The summed E-state index contributed by atoms with van der Waals surface area (Å²) in [6.07, 6.45) is 0. The van der Waals surface area contributed by atoms with Gasteiger partial charge in [-0.1, -0.05) is 13.8 Å². The molecular formula is C12H20FN3O2S. The Labute approximate surface area is 113 Å². The van der Waals surface area contributed by atoms with Crippen LogP contribution in [0, 0.1) is 5.82 Å². The van der Waals surface area contributed by atoms with Crippen molar-refractivity contribution in [1.29, 1.82) is 0 Å². The Hall–Kier alpha value is -1.18. The molecule has 3 N–H and O–H groups in total. The lowest BCUT2D eigenvalue weighted by Gasteiger charge is -2.18. The topological polar surface area (TPSA) is 75.4 Å². The average molecular weight is 289 g/mol. The molecule has 0 spiro atoms. The van der Waals surface area contributed by atoms with E-state index in [9.17, 15) is 12.8 Å². The number of anilines is 1. The van der Waals surface area contributed by atoms with Gasteiger partial charge in [-0.15, -0.1) is 0 Å². The van der Waals surface area contributed by atoms with Gasteiger partial charge in [0.15, 0.2) is 0 Å². The molecule has 0 saturated heterocycles. The summed E-state index contributed by atoms with van der Waals surface area (Å²) in [5.41, 5.74) is 5.52. The molecule has 0 unspecified atom stereocenters. The summed E-state index contributed by atoms with van der Waals surface area (Å²) in [5.74, 6) is -0.663. The van der Waals surface area contributed by atoms with E-state index in [-0.39, 0.29) is 17.1 Å². The highest BCUT2D eigenvalue weighted by atomic mass is 32.2. The van der Waals surface area contributed by atoms with E-state index in [1.807, 2.05) is 13.8 Å². The summed E-state index contributed by atoms with van der Waals surface area (Å²) in [7, 11) is -3.71. The zero-order valence-corrected chi connectivity index (χ0v) is 12.0. The van der Waals surface area contributed by atoms with Crippen molar-refractivity contribution in [2.45, 2.75) is 18.7 Å². The maximum atomic E-state index is 13.1. The summed E-state index contributed by atoms with van der Waals surface area (Å²) in [5, 5.41) is 0. The van der Waals surface area contributed by atoms with Crippen molar-refractivity contribution in [3.05, 3.63) is 24.0 Å². The van der Waals surface area contributed by atoms with Crippen LogP contribution < -0.4 is 10.5 Å². The molecule has 0 amide bonds. The normalized spacial score (nSPS) is 12.0. The second-order valence-electron chi connectivity index (χ2n) is 4.14. The monoisotopic (exact) mass is 289 g/mol. The molecule has 0 radical (unpaired) electrons. The molecule has 19 heavy (non-hydrogen) atoms. The Balaban J connectivity index is 2.71. The number of nitrogens with zero attached hydrogens (tertiary/aromatic N) is 1. The number of rotatable bonds is 7. The fourth-order valence-corrected chi connectivity index (χ4v) is 2.79.